The van der Waals surface area contributed by atoms with Crippen LogP contribution in [0.4, 0.5) is 0 Å². The molecule has 0 bridgehead atoms. The lowest BCUT2D eigenvalue weighted by molar-refractivity contribution is -0.150. The summed E-state index contributed by atoms with van der Waals surface area (Å²) in [6.45, 7) is 3.34. The molecule has 4 aliphatic rings. The first-order valence-electron chi connectivity index (χ1n) is 12.4. The normalized spacial score (nSPS) is 25.4. The van der Waals surface area contributed by atoms with Gasteiger partial charge in [-0.2, -0.15) is 0 Å². The summed E-state index contributed by atoms with van der Waals surface area (Å²) in [4.78, 5) is 75.9. The molecule has 14 heteroatoms. The van der Waals surface area contributed by atoms with Gasteiger partial charge in [-0.15, -0.1) is 23.5 Å². The van der Waals surface area contributed by atoms with E-state index in [1.165, 1.54) is 33.3 Å². The molecule has 4 amide bonds. The highest BCUT2D eigenvalue weighted by Gasteiger charge is 2.54. The molecule has 4 heterocycles. The van der Waals surface area contributed by atoms with Gasteiger partial charge in [-0.1, -0.05) is 24.3 Å². The van der Waals surface area contributed by atoms with E-state index in [1.807, 2.05) is 0 Å². The number of rotatable bonds is 8. The van der Waals surface area contributed by atoms with Crippen molar-refractivity contribution in [2.75, 3.05) is 11.5 Å². The first-order chi connectivity index (χ1) is 19.0. The van der Waals surface area contributed by atoms with E-state index in [9.17, 15) is 39.0 Å². The highest BCUT2D eigenvalue weighted by molar-refractivity contribution is 8.00. The fourth-order valence-electron chi connectivity index (χ4n) is 5.15. The van der Waals surface area contributed by atoms with E-state index < -0.39 is 46.6 Å². The highest BCUT2D eigenvalue weighted by Crippen LogP contribution is 2.41. The number of benzene rings is 1. The quantitative estimate of drug-likeness (QED) is 0.310. The van der Waals surface area contributed by atoms with Crippen LogP contribution in [0.2, 0.25) is 0 Å². The van der Waals surface area contributed by atoms with Crippen molar-refractivity contribution < 1.29 is 39.0 Å². The highest BCUT2D eigenvalue weighted by atomic mass is 32.2. The largest absolute Gasteiger partial charge is 0.477 e. The Kier molecular flexibility index (Phi) is 7.40. The Morgan fingerprint density at radius 2 is 1.10 bits per heavy atom. The number of aliphatic carboxylic acids is 2. The number of nitrogens with zero attached hydrogens (tertiary/aromatic N) is 2. The Balaban J connectivity index is 1.11. The van der Waals surface area contributed by atoms with Crippen LogP contribution in [0.5, 0.6) is 0 Å². The van der Waals surface area contributed by atoms with Crippen molar-refractivity contribution >= 4 is 59.1 Å². The molecule has 4 aliphatic heterocycles. The van der Waals surface area contributed by atoms with Crippen LogP contribution in [0.25, 0.3) is 0 Å². The number of carbonyl (C=O) groups is 6. The Bertz CT molecular complexity index is 1300. The zero-order valence-corrected chi connectivity index (χ0v) is 23.1. The molecule has 2 saturated heterocycles. The molecule has 0 radical (unpaired) electrons. The van der Waals surface area contributed by atoms with Crippen LogP contribution in [0.15, 0.2) is 46.8 Å². The number of hydrogen-bond donors (Lipinski definition) is 4. The van der Waals surface area contributed by atoms with Gasteiger partial charge in [0.1, 0.15) is 34.2 Å². The molecule has 0 unspecified atom stereocenters. The van der Waals surface area contributed by atoms with Crippen LogP contribution >= 0.6 is 23.5 Å². The molecule has 1 aromatic rings. The fraction of sp³-hybridized carbons (Fsp3) is 0.385. The number of fused-ring (bicyclic) bond motifs is 2. The molecule has 0 saturated carbocycles. The van der Waals surface area contributed by atoms with Crippen molar-refractivity contribution in [3.05, 3.63) is 57.9 Å². The predicted molar refractivity (Wildman–Crippen MR) is 145 cm³/mol. The average Bonchev–Trinajstić information content (AvgIpc) is 2.90. The monoisotopic (exact) mass is 586 g/mol. The summed E-state index contributed by atoms with van der Waals surface area (Å²) < 4.78 is 0. The number of carboxylic acids is 2. The molecule has 0 spiro atoms. The van der Waals surface area contributed by atoms with E-state index in [0.29, 0.717) is 33.8 Å². The minimum absolute atomic E-state index is 0.00153. The maximum absolute atomic E-state index is 12.6. The van der Waals surface area contributed by atoms with Crippen molar-refractivity contribution in [3.8, 4) is 0 Å². The van der Waals surface area contributed by atoms with Crippen molar-refractivity contribution in [2.24, 2.45) is 0 Å². The third-order valence-corrected chi connectivity index (χ3v) is 9.96. The summed E-state index contributed by atoms with van der Waals surface area (Å²) in [7, 11) is 0. The second-order valence-electron chi connectivity index (χ2n) is 9.95. The van der Waals surface area contributed by atoms with Gasteiger partial charge in [-0.05, 0) is 36.1 Å². The minimum atomic E-state index is -1.16. The number of carbonyl (C=O) groups excluding carboxylic acids is 4. The molecular weight excluding hydrogens is 560 g/mol. The van der Waals surface area contributed by atoms with E-state index in [1.54, 1.807) is 38.1 Å². The van der Waals surface area contributed by atoms with Gasteiger partial charge in [0.05, 0.1) is 12.8 Å². The van der Waals surface area contributed by atoms with E-state index in [4.69, 9.17) is 0 Å². The zero-order valence-electron chi connectivity index (χ0n) is 21.5. The third-order valence-electron chi connectivity index (χ3n) is 7.11. The molecule has 4 N–H and O–H groups in total. The van der Waals surface area contributed by atoms with Crippen LogP contribution in [-0.2, 0) is 41.6 Å². The number of β-lactam (4-membered cyclic amide) rings is 2. The summed E-state index contributed by atoms with van der Waals surface area (Å²) in [6.07, 6.45) is -0.00306. The summed E-state index contributed by atoms with van der Waals surface area (Å²) >= 11 is 2.81. The van der Waals surface area contributed by atoms with Gasteiger partial charge < -0.3 is 20.8 Å². The summed E-state index contributed by atoms with van der Waals surface area (Å²) in [6, 6.07) is 5.20. The van der Waals surface area contributed by atoms with E-state index in [0.717, 1.165) is 0 Å². The first-order valence-corrected chi connectivity index (χ1v) is 14.5. The van der Waals surface area contributed by atoms with Gasteiger partial charge >= 0.3 is 11.9 Å². The molecule has 12 nitrogen and oxygen atoms in total. The smallest absolute Gasteiger partial charge is 0.352 e. The lowest BCUT2D eigenvalue weighted by Crippen LogP contribution is -2.70. The van der Waals surface area contributed by atoms with Gasteiger partial charge in [-0.3, -0.25) is 29.0 Å². The van der Waals surface area contributed by atoms with Crippen LogP contribution in [0, 0.1) is 0 Å². The molecule has 0 aliphatic carbocycles. The fourth-order valence-corrected chi connectivity index (χ4v) is 7.73. The van der Waals surface area contributed by atoms with Gasteiger partial charge in [0.2, 0.25) is 11.8 Å². The van der Waals surface area contributed by atoms with Crippen molar-refractivity contribution in [2.45, 2.75) is 49.5 Å². The maximum Gasteiger partial charge on any atom is 0.352 e. The molecule has 4 atom stereocenters. The van der Waals surface area contributed by atoms with E-state index >= 15 is 0 Å². The van der Waals surface area contributed by atoms with Crippen LogP contribution in [-0.4, -0.2) is 89.9 Å². The second kappa shape index (κ2) is 10.7. The Morgan fingerprint density at radius 1 is 0.750 bits per heavy atom. The Morgan fingerprint density at radius 3 is 1.43 bits per heavy atom. The van der Waals surface area contributed by atoms with Crippen LogP contribution < -0.4 is 10.6 Å². The van der Waals surface area contributed by atoms with E-state index in [-0.39, 0.29) is 36.1 Å². The number of hydrogen-bond acceptors (Lipinski definition) is 8. The van der Waals surface area contributed by atoms with Gasteiger partial charge in [-0.25, -0.2) is 9.59 Å². The minimum Gasteiger partial charge on any atom is -0.477 e. The first kappa shape index (κ1) is 27.8. The van der Waals surface area contributed by atoms with Gasteiger partial charge in [0.25, 0.3) is 11.8 Å². The molecule has 0 aromatic heterocycles. The van der Waals surface area contributed by atoms with Crippen LogP contribution in [0.3, 0.4) is 0 Å². The number of amides is 4. The predicted octanol–water partition coefficient (Wildman–Crippen LogP) is 0.289. The van der Waals surface area contributed by atoms with E-state index in [2.05, 4.69) is 10.6 Å². The summed E-state index contributed by atoms with van der Waals surface area (Å²) in [5.41, 5.74) is 2.49. The SMILES string of the molecule is CC1=C(C(=O)O)N2C(=O)[C@@H](NC(=O)Cc3ccc(CC(=O)N[C@@H]4C(=O)N5C(C(=O)O)=C(C)CS[C@H]45)cc3)[C@H]2SC1. The third kappa shape index (κ3) is 4.85. The molecule has 40 heavy (non-hydrogen) atoms. The second-order valence-corrected chi connectivity index (χ2v) is 12.2. The van der Waals surface area contributed by atoms with Crippen molar-refractivity contribution in [3.63, 3.8) is 0 Å². The van der Waals surface area contributed by atoms with Crippen molar-refractivity contribution in [1.29, 1.82) is 0 Å². The molecule has 2 fully saturated rings. The topological polar surface area (TPSA) is 173 Å². The standard InChI is InChI=1S/C26H26N4O8S2/c1-11-9-39-23-17(21(33)29(23)19(11)25(35)36)27-15(31)7-13-3-5-14(6-4-13)8-16(32)28-18-22(34)30-20(26(37)38)12(2)10-40-24(18)30/h3-6,17-18,23-24H,7-10H2,1-2H3,(H,27,31)(H,28,32)(H,35,36)(H,37,38)/t17-,18-,23-,24-/m1/s1. The zero-order chi connectivity index (χ0) is 28.9. The number of nitrogens with one attached hydrogen (secondary N) is 2. The number of carboxylic acid groups (broad SMARTS) is 2. The van der Waals surface area contributed by atoms with Gasteiger partial charge in [0, 0.05) is 11.5 Å². The molecular formula is C26H26N4O8S2. The lowest BCUT2D eigenvalue weighted by atomic mass is 10.0. The van der Waals surface area contributed by atoms with Crippen LogP contribution in [0.1, 0.15) is 25.0 Å². The summed E-state index contributed by atoms with van der Waals surface area (Å²) in [5.74, 6) is -3.06. The Labute approximate surface area is 237 Å². The Hall–Kier alpha value is -3.78. The number of thioether (sulfide) groups is 2. The van der Waals surface area contributed by atoms with Crippen molar-refractivity contribution in [1.82, 2.24) is 20.4 Å². The average molecular weight is 587 g/mol. The lowest BCUT2D eigenvalue weighted by Gasteiger charge is -2.49. The molecule has 210 valence electrons. The molecule has 1 aromatic carbocycles. The summed E-state index contributed by atoms with van der Waals surface area (Å²) in [5, 5.41) is 23.4. The van der Waals surface area contributed by atoms with Gasteiger partial charge in [0.15, 0.2) is 0 Å². The maximum atomic E-state index is 12.6. The molecule has 5 rings (SSSR count).